The lowest BCUT2D eigenvalue weighted by Gasteiger charge is -2.11. The third kappa shape index (κ3) is 2.44. The number of carbonyl (C=O) groups is 1. The first-order valence-corrected chi connectivity index (χ1v) is 4.96. The molecule has 0 saturated heterocycles. The molecular formula is C9H4F3IN2O. The molecule has 16 heavy (non-hydrogen) atoms. The van der Waals surface area contributed by atoms with Crippen molar-refractivity contribution in [2.45, 2.75) is 6.18 Å². The fourth-order valence-corrected chi connectivity index (χ4v) is 1.96. The van der Waals surface area contributed by atoms with E-state index in [1.54, 1.807) is 6.07 Å². The number of primary amides is 1. The molecule has 2 N–H and O–H groups in total. The highest BCUT2D eigenvalue weighted by Gasteiger charge is 2.35. The molecular weight excluding hydrogens is 336 g/mol. The average molecular weight is 340 g/mol. The Morgan fingerprint density at radius 1 is 1.44 bits per heavy atom. The fraction of sp³-hybridized carbons (Fsp3) is 0.111. The van der Waals surface area contributed by atoms with Crippen molar-refractivity contribution < 1.29 is 18.0 Å². The van der Waals surface area contributed by atoms with Crippen molar-refractivity contribution in [3.8, 4) is 6.07 Å². The van der Waals surface area contributed by atoms with Crippen LogP contribution in [-0.2, 0) is 6.18 Å². The Balaban J connectivity index is 3.58. The molecule has 1 aromatic rings. The zero-order valence-electron chi connectivity index (χ0n) is 7.60. The maximum absolute atomic E-state index is 12.5. The highest BCUT2D eigenvalue weighted by atomic mass is 127. The van der Waals surface area contributed by atoms with Crippen LogP contribution in [0.3, 0.4) is 0 Å². The van der Waals surface area contributed by atoms with Gasteiger partial charge in [0.05, 0.1) is 22.8 Å². The average Bonchev–Trinajstić information content (AvgIpc) is 2.15. The van der Waals surface area contributed by atoms with E-state index in [4.69, 9.17) is 11.0 Å². The summed E-state index contributed by atoms with van der Waals surface area (Å²) < 4.78 is 37.3. The van der Waals surface area contributed by atoms with Crippen LogP contribution in [0.25, 0.3) is 0 Å². The monoisotopic (exact) mass is 340 g/mol. The molecule has 0 heterocycles. The number of carbonyl (C=O) groups excluding carboxylic acids is 1. The Labute approximate surface area is 102 Å². The summed E-state index contributed by atoms with van der Waals surface area (Å²) in [5, 5.41) is 8.55. The number of rotatable bonds is 1. The first-order valence-electron chi connectivity index (χ1n) is 3.88. The molecule has 1 aromatic carbocycles. The summed E-state index contributed by atoms with van der Waals surface area (Å²) >= 11 is 1.38. The van der Waals surface area contributed by atoms with E-state index in [0.717, 1.165) is 6.07 Å². The van der Waals surface area contributed by atoms with Gasteiger partial charge in [0.1, 0.15) is 0 Å². The van der Waals surface area contributed by atoms with Gasteiger partial charge in [0.2, 0.25) is 5.91 Å². The van der Waals surface area contributed by atoms with Crippen LogP contribution in [0, 0.1) is 14.9 Å². The number of benzene rings is 1. The number of hydrogen-bond acceptors (Lipinski definition) is 2. The van der Waals surface area contributed by atoms with E-state index < -0.39 is 17.6 Å². The number of nitriles is 1. The number of amides is 1. The van der Waals surface area contributed by atoms with E-state index in [1.165, 1.54) is 22.6 Å². The summed E-state index contributed by atoms with van der Waals surface area (Å²) in [6.45, 7) is 0. The highest BCUT2D eigenvalue weighted by molar-refractivity contribution is 14.1. The summed E-state index contributed by atoms with van der Waals surface area (Å²) in [6.07, 6.45) is -4.62. The van der Waals surface area contributed by atoms with E-state index in [-0.39, 0.29) is 14.7 Å². The second-order valence-corrected chi connectivity index (χ2v) is 3.94. The van der Waals surface area contributed by atoms with Gasteiger partial charge in [-0.15, -0.1) is 0 Å². The van der Waals surface area contributed by atoms with E-state index in [0.29, 0.717) is 6.07 Å². The second-order valence-electron chi connectivity index (χ2n) is 2.86. The molecule has 84 valence electrons. The molecule has 0 unspecified atom stereocenters. The lowest BCUT2D eigenvalue weighted by molar-refractivity contribution is -0.138. The summed E-state index contributed by atoms with van der Waals surface area (Å²) in [6, 6.07) is 3.28. The molecule has 0 aliphatic heterocycles. The number of hydrogen-bond donors (Lipinski definition) is 1. The normalized spacial score (nSPS) is 10.9. The third-order valence-electron chi connectivity index (χ3n) is 1.77. The quantitative estimate of drug-likeness (QED) is 0.797. The predicted molar refractivity (Wildman–Crippen MR) is 57.4 cm³/mol. The number of nitrogens with two attached hydrogens (primary N) is 1. The van der Waals surface area contributed by atoms with Crippen LogP contribution in [0.1, 0.15) is 21.5 Å². The van der Waals surface area contributed by atoms with Gasteiger partial charge in [-0.3, -0.25) is 4.79 Å². The van der Waals surface area contributed by atoms with E-state index in [2.05, 4.69) is 0 Å². The smallest absolute Gasteiger partial charge is 0.366 e. The molecule has 0 bridgehead atoms. The van der Waals surface area contributed by atoms with E-state index in [9.17, 15) is 18.0 Å². The number of alkyl halides is 3. The second kappa shape index (κ2) is 4.29. The van der Waals surface area contributed by atoms with Crippen LogP contribution < -0.4 is 5.73 Å². The molecule has 0 aromatic heterocycles. The van der Waals surface area contributed by atoms with Crippen molar-refractivity contribution in [3.05, 3.63) is 32.4 Å². The zero-order chi connectivity index (χ0) is 12.5. The van der Waals surface area contributed by atoms with Crippen LogP contribution in [0.15, 0.2) is 12.1 Å². The minimum atomic E-state index is -4.62. The molecule has 0 spiro atoms. The van der Waals surface area contributed by atoms with Crippen LogP contribution in [0.2, 0.25) is 0 Å². The van der Waals surface area contributed by atoms with Crippen molar-refractivity contribution >= 4 is 28.5 Å². The first kappa shape index (κ1) is 12.8. The van der Waals surface area contributed by atoms with Gasteiger partial charge < -0.3 is 5.73 Å². The molecule has 0 aliphatic rings. The minimum Gasteiger partial charge on any atom is -0.366 e. The predicted octanol–water partition coefficient (Wildman–Crippen LogP) is 2.28. The molecule has 0 fully saturated rings. The van der Waals surface area contributed by atoms with Crippen LogP contribution in [0.4, 0.5) is 13.2 Å². The molecule has 7 heteroatoms. The highest BCUT2D eigenvalue weighted by Crippen LogP contribution is 2.34. The van der Waals surface area contributed by atoms with Gasteiger partial charge in [0.25, 0.3) is 0 Å². The fourth-order valence-electron chi connectivity index (χ4n) is 1.07. The van der Waals surface area contributed by atoms with Crippen molar-refractivity contribution in [3.63, 3.8) is 0 Å². The Morgan fingerprint density at radius 2 is 2.00 bits per heavy atom. The zero-order valence-corrected chi connectivity index (χ0v) is 9.76. The SMILES string of the molecule is N#Cc1cc(C(N)=O)c(I)c(C(F)(F)F)c1. The standard InChI is InChI=1S/C9H4F3IN2O/c10-9(11,12)6-2-4(3-14)1-5(7(6)13)8(15)16/h1-2H,(H2,15,16). The summed E-state index contributed by atoms with van der Waals surface area (Å²) in [5.74, 6) is -0.994. The topological polar surface area (TPSA) is 66.9 Å². The Hall–Kier alpha value is -1.30. The Kier molecular flexibility index (Phi) is 3.42. The summed E-state index contributed by atoms with van der Waals surface area (Å²) in [4.78, 5) is 10.9. The maximum atomic E-state index is 12.5. The van der Waals surface area contributed by atoms with Crippen LogP contribution in [0.5, 0.6) is 0 Å². The van der Waals surface area contributed by atoms with Gasteiger partial charge in [-0.05, 0) is 34.7 Å². The summed E-state index contributed by atoms with van der Waals surface area (Å²) in [5.41, 5.74) is 3.36. The van der Waals surface area contributed by atoms with Crippen molar-refractivity contribution in [2.75, 3.05) is 0 Å². The van der Waals surface area contributed by atoms with E-state index in [1.807, 2.05) is 0 Å². The molecule has 0 aliphatic carbocycles. The number of halogens is 4. The molecule has 0 saturated carbocycles. The van der Waals surface area contributed by atoms with Crippen molar-refractivity contribution in [2.24, 2.45) is 5.73 Å². The molecule has 0 atom stereocenters. The molecule has 3 nitrogen and oxygen atoms in total. The van der Waals surface area contributed by atoms with Crippen LogP contribution >= 0.6 is 22.6 Å². The van der Waals surface area contributed by atoms with E-state index >= 15 is 0 Å². The van der Waals surface area contributed by atoms with Gasteiger partial charge in [-0.1, -0.05) is 0 Å². The maximum Gasteiger partial charge on any atom is 0.417 e. The molecule has 0 radical (unpaired) electrons. The van der Waals surface area contributed by atoms with Crippen molar-refractivity contribution in [1.29, 1.82) is 5.26 Å². The molecule has 1 amide bonds. The van der Waals surface area contributed by atoms with Gasteiger partial charge in [-0.2, -0.15) is 18.4 Å². The Morgan fingerprint density at radius 3 is 2.38 bits per heavy atom. The lowest BCUT2D eigenvalue weighted by atomic mass is 10.1. The van der Waals surface area contributed by atoms with Gasteiger partial charge in [-0.25, -0.2) is 0 Å². The lowest BCUT2D eigenvalue weighted by Crippen LogP contribution is -2.17. The van der Waals surface area contributed by atoms with Gasteiger partial charge in [0, 0.05) is 3.57 Å². The Bertz CT molecular complexity index is 491. The largest absolute Gasteiger partial charge is 0.417 e. The molecule has 1 rings (SSSR count). The minimum absolute atomic E-state index is 0.249. The first-order chi connectivity index (χ1) is 7.27. The summed E-state index contributed by atoms with van der Waals surface area (Å²) in [7, 11) is 0. The van der Waals surface area contributed by atoms with Gasteiger partial charge >= 0.3 is 6.18 Å². The van der Waals surface area contributed by atoms with Crippen molar-refractivity contribution in [1.82, 2.24) is 0 Å². The number of nitrogens with zero attached hydrogens (tertiary/aromatic N) is 1. The van der Waals surface area contributed by atoms with Crippen LogP contribution in [-0.4, -0.2) is 5.91 Å². The van der Waals surface area contributed by atoms with Gasteiger partial charge in [0.15, 0.2) is 0 Å². The third-order valence-corrected chi connectivity index (χ3v) is 2.93.